The van der Waals surface area contributed by atoms with Crippen LogP contribution in [-0.4, -0.2) is 88.0 Å². The Hall–Kier alpha value is -0.00195. The van der Waals surface area contributed by atoms with E-state index in [2.05, 4.69) is 12.0 Å². The SMILES string of the molecule is CCC(CO)(CO)CO.[NH2][Ir][NH]CCC(=O)O.[NH2][Ir][NH]CCC(=O)O.[NH2][Ir][NH]CCC(=O)O. The zero-order valence-electron chi connectivity index (χ0n) is 18.2. The van der Waals surface area contributed by atoms with Crippen molar-refractivity contribution in [2.24, 2.45) is 18.6 Å². The molecule has 0 rings (SSSR count). The molecule has 0 aromatic rings. The molecule has 0 amide bonds. The van der Waals surface area contributed by atoms with E-state index in [1.165, 1.54) is 0 Å². The summed E-state index contributed by atoms with van der Waals surface area (Å²) in [7, 11) is 0. The summed E-state index contributed by atoms with van der Waals surface area (Å²) in [5, 5.41) is 50.2. The van der Waals surface area contributed by atoms with E-state index in [9.17, 15) is 14.4 Å². The van der Waals surface area contributed by atoms with E-state index in [1.807, 2.05) is 6.92 Å². The number of aliphatic carboxylic acids is 3. The molecule has 0 spiro atoms. The predicted molar refractivity (Wildman–Crippen MR) is 107 cm³/mol. The maximum absolute atomic E-state index is 9.81. The van der Waals surface area contributed by atoms with Crippen LogP contribution in [0.3, 0.4) is 0 Å². The van der Waals surface area contributed by atoms with Gasteiger partial charge in [0.1, 0.15) is 0 Å². The van der Waals surface area contributed by atoms with Gasteiger partial charge in [0.25, 0.3) is 0 Å². The second-order valence-corrected chi connectivity index (χ2v) is 10.3. The van der Waals surface area contributed by atoms with Gasteiger partial charge in [-0.15, -0.1) is 0 Å². The van der Waals surface area contributed by atoms with E-state index in [-0.39, 0.29) is 39.1 Å². The van der Waals surface area contributed by atoms with Crippen molar-refractivity contribution in [2.45, 2.75) is 32.6 Å². The van der Waals surface area contributed by atoms with Crippen molar-refractivity contribution in [3.05, 3.63) is 0 Å². The number of carbonyl (C=O) groups is 3. The van der Waals surface area contributed by atoms with Gasteiger partial charge < -0.3 is 15.3 Å². The fourth-order valence-electron chi connectivity index (χ4n) is 1.08. The Bertz CT molecular complexity index is 402. The third kappa shape index (κ3) is 39.5. The number of nitrogens with one attached hydrogen (secondary N) is 3. The van der Waals surface area contributed by atoms with Crippen LogP contribution in [0.25, 0.3) is 0 Å². The van der Waals surface area contributed by atoms with Crippen LogP contribution in [0.15, 0.2) is 0 Å². The molecular weight excluding hydrogens is 985 g/mol. The zero-order chi connectivity index (χ0) is 26.5. The van der Waals surface area contributed by atoms with E-state index >= 15 is 0 Å². The fraction of sp³-hybridized carbons (Fsp3) is 0.800. The quantitative estimate of drug-likeness (QED) is 0.0660. The third-order valence-corrected chi connectivity index (χ3v) is 6.49. The van der Waals surface area contributed by atoms with Gasteiger partial charge in [-0.05, 0) is 6.42 Å². The third-order valence-electron chi connectivity index (χ3n) is 3.23. The van der Waals surface area contributed by atoms with Gasteiger partial charge >= 0.3 is 166 Å². The van der Waals surface area contributed by atoms with Crippen LogP contribution >= 0.6 is 0 Å². The number of hydrogen-bond acceptors (Lipinski definition) is 12. The number of nitrogens with two attached hydrogens (primary N) is 3. The van der Waals surface area contributed by atoms with Crippen molar-refractivity contribution < 1.29 is 99.6 Å². The van der Waals surface area contributed by atoms with Crippen molar-refractivity contribution in [1.82, 2.24) is 12.0 Å². The number of aliphatic hydroxyl groups excluding tert-OH is 3. The maximum atomic E-state index is 9.81. The van der Waals surface area contributed by atoms with E-state index in [0.717, 1.165) is 0 Å². The Morgan fingerprint density at radius 2 is 0.909 bits per heavy atom. The molecule has 0 aliphatic heterocycles. The molecule has 0 bridgehead atoms. The van der Waals surface area contributed by atoms with Crippen LogP contribution < -0.4 is 25.2 Å². The van der Waals surface area contributed by atoms with Gasteiger partial charge in [0.15, 0.2) is 0 Å². The summed E-state index contributed by atoms with van der Waals surface area (Å²) < 4.78 is 23.8. The van der Waals surface area contributed by atoms with Crippen molar-refractivity contribution in [1.29, 1.82) is 0 Å². The normalized spacial score (nSPS) is 10.3. The Balaban J connectivity index is -0.000000170. The molecule has 15 nitrogen and oxygen atoms in total. The van der Waals surface area contributed by atoms with Crippen LogP contribution in [0.5, 0.6) is 0 Å². The number of hydrogen-bond donors (Lipinski definition) is 12. The van der Waals surface area contributed by atoms with Gasteiger partial charge in [-0.3, -0.25) is 0 Å². The first-order valence-electron chi connectivity index (χ1n) is 9.05. The summed E-state index contributed by atoms with van der Waals surface area (Å²) in [6.45, 7) is 2.87. The minimum atomic E-state index is -0.780. The Labute approximate surface area is 219 Å². The van der Waals surface area contributed by atoms with E-state index < -0.39 is 77.9 Å². The first-order valence-corrected chi connectivity index (χ1v) is 16.8. The van der Waals surface area contributed by atoms with Crippen LogP contribution in [0.2, 0.25) is 0 Å². The van der Waals surface area contributed by atoms with Gasteiger partial charge in [-0.25, -0.2) is 0 Å². The molecule has 0 aliphatic carbocycles. The number of carboxylic acids is 3. The Kier molecular flexibility index (Phi) is 39.0. The first kappa shape index (κ1) is 40.2. The molecule has 15 N–H and O–H groups in total. The topological polar surface area (TPSA) is 287 Å². The van der Waals surface area contributed by atoms with Crippen LogP contribution in [0.4, 0.5) is 0 Å². The van der Waals surface area contributed by atoms with Crippen LogP contribution in [0, 0.1) is 5.41 Å². The van der Waals surface area contributed by atoms with Gasteiger partial charge in [-0.2, -0.15) is 0 Å². The molecule has 0 radical (unpaired) electrons. The summed E-state index contributed by atoms with van der Waals surface area (Å²) in [4.78, 5) is 29.4. The summed E-state index contributed by atoms with van der Waals surface area (Å²) in [6.07, 6.45) is 1.10. The molecule has 0 atom stereocenters. The molecule has 0 aliphatic rings. The molecule has 0 saturated carbocycles. The van der Waals surface area contributed by atoms with Crippen molar-refractivity contribution in [3.63, 3.8) is 0 Å². The molecule has 209 valence electrons. The van der Waals surface area contributed by atoms with Crippen molar-refractivity contribution in [3.8, 4) is 0 Å². The zero-order valence-corrected chi connectivity index (χ0v) is 25.4. The van der Waals surface area contributed by atoms with Crippen LogP contribution in [-0.2, 0) is 68.9 Å². The van der Waals surface area contributed by atoms with E-state index in [1.54, 1.807) is 0 Å². The summed E-state index contributed by atoms with van der Waals surface area (Å²) >= 11 is -1.63. The average Bonchev–Trinajstić information content (AvgIpc) is 2.77. The molecule has 0 aromatic carbocycles. The fourth-order valence-corrected chi connectivity index (χ4v) is 3.01. The second-order valence-electron chi connectivity index (χ2n) is 5.65. The number of carboxylic acid groups (broad SMARTS) is 3. The molecule has 0 fully saturated rings. The monoisotopic (exact) mass is 1030 g/mol. The summed E-state index contributed by atoms with van der Waals surface area (Å²) in [6, 6.07) is 0. The molecule has 0 heterocycles. The Morgan fingerprint density at radius 3 is 1.00 bits per heavy atom. The molecule has 0 aromatic heterocycles. The van der Waals surface area contributed by atoms with E-state index in [0.29, 0.717) is 26.1 Å². The van der Waals surface area contributed by atoms with Crippen molar-refractivity contribution >= 4 is 17.9 Å². The molecule has 33 heavy (non-hydrogen) atoms. The molecule has 18 heteroatoms. The van der Waals surface area contributed by atoms with Gasteiger partial charge in [0, 0.05) is 5.41 Å². The van der Waals surface area contributed by atoms with Gasteiger partial charge in [0.2, 0.25) is 0 Å². The molecule has 0 saturated heterocycles. The van der Waals surface area contributed by atoms with Gasteiger partial charge in [-0.1, -0.05) is 6.92 Å². The summed E-state index contributed by atoms with van der Waals surface area (Å²) in [5.41, 5.74) is -0.667. The Morgan fingerprint density at radius 1 is 0.667 bits per heavy atom. The standard InChI is InChI=1S/C6H14O3.3C3H6NO2.3Ir.3H2N/c1-2-6(3-7,4-8)5-9;3*4-2-1-3(5)6;;;;;;/h7-9H,2-5H2,1H3;3*4H,1-2H2,(H,5,6);;;;3*1H2/q;3*-1;3*+2;3*-1. The van der Waals surface area contributed by atoms with Crippen LogP contribution in [0.1, 0.15) is 32.6 Å². The van der Waals surface area contributed by atoms with Gasteiger partial charge in [0.05, 0.1) is 19.8 Å². The molecule has 0 unspecified atom stereocenters. The van der Waals surface area contributed by atoms with Crippen molar-refractivity contribution in [2.75, 3.05) is 39.5 Å². The first-order chi connectivity index (χ1) is 15.6. The minimum absolute atomic E-state index is 0.156. The van der Waals surface area contributed by atoms with E-state index in [4.69, 9.17) is 43.9 Å². The number of rotatable bonds is 16. The summed E-state index contributed by atoms with van der Waals surface area (Å²) in [5.74, 6) is -2.34. The number of aliphatic hydroxyl groups is 3. The average molecular weight is 1020 g/mol. The predicted octanol–water partition coefficient (Wildman–Crippen LogP) is -3.87. The second kappa shape index (κ2) is 32.0. The molecular formula is C15H38Ir3N6O9.